The van der Waals surface area contributed by atoms with Crippen LogP contribution < -0.4 is 15.4 Å². The van der Waals surface area contributed by atoms with Crippen LogP contribution in [0.5, 0.6) is 11.5 Å². The van der Waals surface area contributed by atoms with E-state index in [1.807, 2.05) is 30.3 Å². The molecule has 8 heteroatoms. The van der Waals surface area contributed by atoms with E-state index in [-0.39, 0.29) is 12.0 Å². The molecule has 0 heterocycles. The minimum Gasteiger partial charge on any atom is -0.457 e. The van der Waals surface area contributed by atoms with Crippen molar-refractivity contribution in [2.24, 2.45) is 0 Å². The molecule has 0 bridgehead atoms. The largest absolute Gasteiger partial charge is 0.457 e. The van der Waals surface area contributed by atoms with Crippen LogP contribution in [0.4, 0.5) is 11.4 Å². The maximum Gasteiger partial charge on any atom is 0.338 e. The first-order valence-corrected chi connectivity index (χ1v) is 10.1. The molecule has 33 heavy (non-hydrogen) atoms. The van der Waals surface area contributed by atoms with Gasteiger partial charge in [0.1, 0.15) is 17.9 Å². The molecule has 1 atom stereocenters. The van der Waals surface area contributed by atoms with Crippen LogP contribution in [-0.4, -0.2) is 23.9 Å². The summed E-state index contributed by atoms with van der Waals surface area (Å²) in [4.78, 5) is 36.1. The molecule has 0 aliphatic carbocycles. The fraction of sp³-hybridized carbons (Fsp3) is 0.120. The molecule has 3 aromatic carbocycles. The van der Waals surface area contributed by atoms with Crippen molar-refractivity contribution < 1.29 is 23.9 Å². The lowest BCUT2D eigenvalue weighted by Gasteiger charge is -2.14. The highest BCUT2D eigenvalue weighted by atomic mass is 16.5. The van der Waals surface area contributed by atoms with Crippen molar-refractivity contribution in [1.29, 1.82) is 5.26 Å². The Hall–Kier alpha value is -4.64. The van der Waals surface area contributed by atoms with Crippen LogP contribution in [0.15, 0.2) is 78.9 Å². The maximum atomic E-state index is 12.4. The Balaban J connectivity index is 1.51. The SMILES string of the molecule is C[C@@H](OC(=O)c1ccc(NC(=O)CC#N)cc1)C(=O)Nc1ccc(Oc2ccccc2)cc1. The average Bonchev–Trinajstić information content (AvgIpc) is 2.81. The summed E-state index contributed by atoms with van der Waals surface area (Å²) in [6.45, 7) is 1.47. The Morgan fingerprint density at radius 1 is 0.848 bits per heavy atom. The van der Waals surface area contributed by atoms with Crippen molar-refractivity contribution in [3.05, 3.63) is 84.4 Å². The molecule has 0 aromatic heterocycles. The summed E-state index contributed by atoms with van der Waals surface area (Å²) in [5, 5.41) is 13.7. The van der Waals surface area contributed by atoms with Gasteiger partial charge in [0.05, 0.1) is 11.6 Å². The number of ether oxygens (including phenoxy) is 2. The zero-order chi connectivity index (χ0) is 23.6. The predicted octanol–water partition coefficient (Wildman–Crippen LogP) is 4.52. The fourth-order valence-corrected chi connectivity index (χ4v) is 2.72. The summed E-state index contributed by atoms with van der Waals surface area (Å²) >= 11 is 0. The topological polar surface area (TPSA) is 118 Å². The van der Waals surface area contributed by atoms with E-state index in [9.17, 15) is 14.4 Å². The molecule has 3 rings (SSSR count). The van der Waals surface area contributed by atoms with E-state index in [4.69, 9.17) is 14.7 Å². The molecule has 2 amide bonds. The second kappa shape index (κ2) is 11.1. The molecule has 0 fully saturated rings. The molecule has 0 saturated heterocycles. The van der Waals surface area contributed by atoms with E-state index in [0.29, 0.717) is 22.9 Å². The van der Waals surface area contributed by atoms with Gasteiger partial charge >= 0.3 is 5.97 Å². The van der Waals surface area contributed by atoms with Gasteiger partial charge in [0, 0.05) is 11.4 Å². The predicted molar refractivity (Wildman–Crippen MR) is 122 cm³/mol. The minimum atomic E-state index is -1.03. The van der Waals surface area contributed by atoms with E-state index in [1.54, 1.807) is 30.3 Å². The van der Waals surface area contributed by atoms with E-state index in [1.165, 1.54) is 31.2 Å². The third-order valence-electron chi connectivity index (χ3n) is 4.40. The average molecular weight is 443 g/mol. The lowest BCUT2D eigenvalue weighted by Crippen LogP contribution is -2.30. The molecular formula is C25H21N3O5. The Labute approximate surface area is 190 Å². The van der Waals surface area contributed by atoms with Crippen molar-refractivity contribution in [3.63, 3.8) is 0 Å². The highest BCUT2D eigenvalue weighted by Crippen LogP contribution is 2.22. The number of anilines is 2. The number of hydrogen-bond donors (Lipinski definition) is 2. The Bertz CT molecular complexity index is 1150. The number of nitriles is 1. The standard InChI is InChI=1S/C25H21N3O5/c1-17(32-25(31)18-7-9-19(10-8-18)27-23(29)15-16-26)24(30)28-20-11-13-22(14-12-20)33-21-5-3-2-4-6-21/h2-14,17H,15H2,1H3,(H,27,29)(H,28,30)/t17-/m1/s1. The van der Waals surface area contributed by atoms with Crippen LogP contribution >= 0.6 is 0 Å². The molecule has 0 saturated carbocycles. The summed E-state index contributed by atoms with van der Waals surface area (Å²) in [6.07, 6.45) is -1.30. The van der Waals surface area contributed by atoms with E-state index in [0.717, 1.165) is 0 Å². The third-order valence-corrected chi connectivity index (χ3v) is 4.40. The maximum absolute atomic E-state index is 12.4. The number of hydrogen-bond acceptors (Lipinski definition) is 6. The monoisotopic (exact) mass is 443 g/mol. The van der Waals surface area contributed by atoms with Gasteiger partial charge in [-0.3, -0.25) is 9.59 Å². The normalized spacial score (nSPS) is 10.9. The van der Waals surface area contributed by atoms with Crippen molar-refractivity contribution in [2.75, 3.05) is 10.6 Å². The Kier molecular flexibility index (Phi) is 7.76. The molecule has 0 radical (unpaired) electrons. The van der Waals surface area contributed by atoms with Crippen LogP contribution in [-0.2, 0) is 14.3 Å². The van der Waals surface area contributed by atoms with Crippen molar-refractivity contribution >= 4 is 29.2 Å². The van der Waals surface area contributed by atoms with Crippen molar-refractivity contribution in [3.8, 4) is 17.6 Å². The lowest BCUT2D eigenvalue weighted by molar-refractivity contribution is -0.123. The van der Waals surface area contributed by atoms with Gasteiger partial charge in [0.15, 0.2) is 6.10 Å². The van der Waals surface area contributed by atoms with Gasteiger partial charge in [0.25, 0.3) is 5.91 Å². The summed E-state index contributed by atoms with van der Waals surface area (Å²) < 4.78 is 10.9. The molecule has 0 spiro atoms. The third kappa shape index (κ3) is 6.94. The van der Waals surface area contributed by atoms with Gasteiger partial charge in [-0.25, -0.2) is 4.79 Å². The second-order valence-corrected chi connectivity index (χ2v) is 6.94. The Morgan fingerprint density at radius 2 is 1.42 bits per heavy atom. The molecule has 0 unspecified atom stereocenters. The van der Waals surface area contributed by atoms with Crippen molar-refractivity contribution in [1.82, 2.24) is 0 Å². The van der Waals surface area contributed by atoms with Gasteiger partial charge in [-0.05, 0) is 67.6 Å². The van der Waals surface area contributed by atoms with E-state index in [2.05, 4.69) is 10.6 Å². The van der Waals surface area contributed by atoms with Gasteiger partial charge in [0.2, 0.25) is 5.91 Å². The zero-order valence-corrected chi connectivity index (χ0v) is 17.8. The lowest BCUT2D eigenvalue weighted by atomic mass is 10.2. The molecule has 0 aliphatic heterocycles. The van der Waals surface area contributed by atoms with Gasteiger partial charge in [-0.1, -0.05) is 18.2 Å². The number of para-hydroxylation sites is 1. The highest BCUT2D eigenvalue weighted by molar-refractivity contribution is 5.98. The van der Waals surface area contributed by atoms with Crippen LogP contribution in [0.25, 0.3) is 0 Å². The first-order valence-electron chi connectivity index (χ1n) is 10.1. The number of nitrogens with one attached hydrogen (secondary N) is 2. The summed E-state index contributed by atoms with van der Waals surface area (Å²) in [5.41, 5.74) is 1.19. The highest BCUT2D eigenvalue weighted by Gasteiger charge is 2.19. The second-order valence-electron chi connectivity index (χ2n) is 6.94. The first-order chi connectivity index (χ1) is 15.9. The number of benzene rings is 3. The molecule has 0 aliphatic rings. The summed E-state index contributed by atoms with van der Waals surface area (Å²) in [7, 11) is 0. The molecule has 2 N–H and O–H groups in total. The molecule has 8 nitrogen and oxygen atoms in total. The van der Waals surface area contributed by atoms with E-state index >= 15 is 0 Å². The number of rotatable bonds is 8. The van der Waals surface area contributed by atoms with Gasteiger partial charge < -0.3 is 20.1 Å². The van der Waals surface area contributed by atoms with Crippen molar-refractivity contribution in [2.45, 2.75) is 19.4 Å². The van der Waals surface area contributed by atoms with Crippen LogP contribution in [0, 0.1) is 11.3 Å². The number of amides is 2. The Morgan fingerprint density at radius 3 is 2.06 bits per heavy atom. The summed E-state index contributed by atoms with van der Waals surface area (Å²) in [6, 6.07) is 23.8. The zero-order valence-electron chi connectivity index (χ0n) is 17.8. The van der Waals surface area contributed by atoms with Crippen LogP contribution in [0.2, 0.25) is 0 Å². The van der Waals surface area contributed by atoms with E-state index < -0.39 is 23.9 Å². The number of carbonyl (C=O) groups is 3. The number of esters is 1. The minimum absolute atomic E-state index is 0.218. The molecule has 3 aromatic rings. The smallest absolute Gasteiger partial charge is 0.338 e. The number of carbonyl (C=O) groups excluding carboxylic acids is 3. The number of nitrogens with zero attached hydrogens (tertiary/aromatic N) is 1. The molecular weight excluding hydrogens is 422 g/mol. The van der Waals surface area contributed by atoms with Crippen LogP contribution in [0.1, 0.15) is 23.7 Å². The van der Waals surface area contributed by atoms with Crippen LogP contribution in [0.3, 0.4) is 0 Å². The van der Waals surface area contributed by atoms with Gasteiger partial charge in [-0.2, -0.15) is 5.26 Å². The molecule has 166 valence electrons. The summed E-state index contributed by atoms with van der Waals surface area (Å²) in [5.74, 6) is -0.296. The van der Waals surface area contributed by atoms with Gasteiger partial charge in [-0.15, -0.1) is 0 Å². The first kappa shape index (κ1) is 23.0. The fourth-order valence-electron chi connectivity index (χ4n) is 2.72. The quantitative estimate of drug-likeness (QED) is 0.495.